The second kappa shape index (κ2) is 9.24. The van der Waals surface area contributed by atoms with Gasteiger partial charge in [0, 0.05) is 37.5 Å². The molecule has 0 aliphatic heterocycles. The van der Waals surface area contributed by atoms with Crippen molar-refractivity contribution in [3.63, 3.8) is 0 Å². The maximum Gasteiger partial charge on any atom is 0.269 e. The number of hydrogen-bond acceptors (Lipinski definition) is 5. The number of carbonyl (C=O) groups excluding carboxylic acids is 2. The van der Waals surface area contributed by atoms with Crippen LogP contribution in [-0.2, 0) is 17.9 Å². The van der Waals surface area contributed by atoms with Gasteiger partial charge in [-0.2, -0.15) is 10.2 Å². The number of aromatic nitrogens is 5. The van der Waals surface area contributed by atoms with Gasteiger partial charge in [-0.05, 0) is 44.4 Å². The lowest BCUT2D eigenvalue weighted by atomic mass is 10.0. The number of amides is 2. The Balaban J connectivity index is 1.33. The van der Waals surface area contributed by atoms with Crippen molar-refractivity contribution in [3.05, 3.63) is 47.7 Å². The van der Waals surface area contributed by atoms with E-state index in [1.165, 1.54) is 0 Å². The summed E-state index contributed by atoms with van der Waals surface area (Å²) in [5.74, 6) is -4.29. The molecule has 1 atom stereocenters. The molecule has 0 aromatic carbocycles. The number of rotatable bonds is 8. The number of carbonyl (C=O) groups is 2. The van der Waals surface area contributed by atoms with E-state index in [0.717, 1.165) is 0 Å². The molecule has 0 spiro atoms. The zero-order valence-electron chi connectivity index (χ0n) is 18.6. The maximum absolute atomic E-state index is 13.7. The predicted octanol–water partition coefficient (Wildman–Crippen LogP) is 2.88. The molecule has 1 unspecified atom stereocenters. The van der Waals surface area contributed by atoms with Gasteiger partial charge in [-0.15, -0.1) is 0 Å². The average molecular weight is 460 g/mol. The van der Waals surface area contributed by atoms with Gasteiger partial charge in [0.15, 0.2) is 5.65 Å². The van der Waals surface area contributed by atoms with E-state index in [0.29, 0.717) is 35.4 Å². The van der Waals surface area contributed by atoms with Crippen LogP contribution < -0.4 is 10.6 Å². The minimum absolute atomic E-state index is 0.0636. The number of halogens is 2. The van der Waals surface area contributed by atoms with Crippen LogP contribution in [0.2, 0.25) is 0 Å². The molecule has 2 N–H and O–H groups in total. The largest absolute Gasteiger partial charge is 0.352 e. The van der Waals surface area contributed by atoms with Gasteiger partial charge in [-0.1, -0.05) is 0 Å². The highest BCUT2D eigenvalue weighted by atomic mass is 19.3. The van der Waals surface area contributed by atoms with Gasteiger partial charge in [0.2, 0.25) is 5.91 Å². The Morgan fingerprint density at radius 3 is 2.79 bits per heavy atom. The first-order chi connectivity index (χ1) is 15.7. The number of fused-ring (bicyclic) bond motifs is 1. The molecular weight excluding hydrogens is 432 g/mol. The third-order valence-corrected chi connectivity index (χ3v) is 5.83. The summed E-state index contributed by atoms with van der Waals surface area (Å²) in [4.78, 5) is 29.1. The first-order valence-electron chi connectivity index (χ1n) is 11.0. The molecule has 1 fully saturated rings. The van der Waals surface area contributed by atoms with Gasteiger partial charge >= 0.3 is 0 Å². The molecule has 4 rings (SSSR count). The number of alkyl halides is 2. The van der Waals surface area contributed by atoms with E-state index >= 15 is 0 Å². The van der Waals surface area contributed by atoms with Crippen molar-refractivity contribution in [3.8, 4) is 0 Å². The monoisotopic (exact) mass is 459 g/mol. The van der Waals surface area contributed by atoms with Crippen molar-refractivity contribution in [1.82, 2.24) is 35.0 Å². The second-order valence-electron chi connectivity index (χ2n) is 8.67. The first-order valence-corrected chi connectivity index (χ1v) is 11.0. The average Bonchev–Trinajstić information content (AvgIpc) is 3.48. The standard InChI is InChI=1S/C22H27F2N7O2/c1-14(2)31-18(5-7-27-31)21(33)26-12-17-13-30-19(29-17)8-15(11-28-30)10-25-20(32)9-16-4-3-6-22(16,23)24/h5,7-8,11,13-14,16H,3-4,6,9-10,12H2,1-2H3,(H,25,32)(H,26,33). The fraction of sp³-hybridized carbons (Fsp3) is 0.500. The Morgan fingerprint density at radius 1 is 1.24 bits per heavy atom. The van der Waals surface area contributed by atoms with Gasteiger partial charge in [0.05, 0.1) is 24.6 Å². The molecule has 176 valence electrons. The number of nitrogens with zero attached hydrogens (tertiary/aromatic N) is 5. The van der Waals surface area contributed by atoms with Crippen LogP contribution in [0.3, 0.4) is 0 Å². The first kappa shape index (κ1) is 22.8. The molecular formula is C22H27F2N7O2. The van der Waals surface area contributed by atoms with E-state index in [1.807, 2.05) is 13.8 Å². The highest BCUT2D eigenvalue weighted by Crippen LogP contribution is 2.42. The minimum atomic E-state index is -2.76. The molecule has 33 heavy (non-hydrogen) atoms. The van der Waals surface area contributed by atoms with E-state index in [1.54, 1.807) is 39.9 Å². The van der Waals surface area contributed by atoms with Gasteiger partial charge < -0.3 is 10.6 Å². The summed E-state index contributed by atoms with van der Waals surface area (Å²) < 4.78 is 30.7. The van der Waals surface area contributed by atoms with Crippen molar-refractivity contribution >= 4 is 17.5 Å². The molecule has 11 heteroatoms. The summed E-state index contributed by atoms with van der Waals surface area (Å²) in [5.41, 5.74) is 2.35. The van der Waals surface area contributed by atoms with Crippen molar-refractivity contribution in [2.45, 2.75) is 64.6 Å². The van der Waals surface area contributed by atoms with Crippen LogP contribution in [0, 0.1) is 5.92 Å². The summed E-state index contributed by atoms with van der Waals surface area (Å²) in [5, 5.41) is 14.0. The highest BCUT2D eigenvalue weighted by molar-refractivity contribution is 5.92. The number of imidazole rings is 1. The molecule has 1 aliphatic carbocycles. The van der Waals surface area contributed by atoms with Crippen molar-refractivity contribution in [1.29, 1.82) is 0 Å². The Labute approximate surface area is 189 Å². The highest BCUT2D eigenvalue weighted by Gasteiger charge is 2.44. The van der Waals surface area contributed by atoms with E-state index in [9.17, 15) is 18.4 Å². The molecule has 0 saturated heterocycles. The van der Waals surface area contributed by atoms with Gasteiger partial charge in [0.1, 0.15) is 5.69 Å². The van der Waals surface area contributed by atoms with Crippen LogP contribution >= 0.6 is 0 Å². The summed E-state index contributed by atoms with van der Waals surface area (Å²) in [6, 6.07) is 3.49. The van der Waals surface area contributed by atoms with Crippen LogP contribution in [0.5, 0.6) is 0 Å². The predicted molar refractivity (Wildman–Crippen MR) is 116 cm³/mol. The van der Waals surface area contributed by atoms with E-state index in [-0.39, 0.29) is 37.9 Å². The Bertz CT molecular complexity index is 1150. The number of hydrogen-bond donors (Lipinski definition) is 2. The fourth-order valence-electron chi connectivity index (χ4n) is 4.06. The minimum Gasteiger partial charge on any atom is -0.352 e. The summed E-state index contributed by atoms with van der Waals surface area (Å²) in [7, 11) is 0. The van der Waals surface area contributed by atoms with E-state index < -0.39 is 17.7 Å². The molecule has 1 aliphatic rings. The molecule has 1 saturated carbocycles. The Morgan fingerprint density at radius 2 is 2.06 bits per heavy atom. The van der Waals surface area contributed by atoms with Crippen LogP contribution in [0.1, 0.15) is 67.3 Å². The van der Waals surface area contributed by atoms with E-state index in [2.05, 4.69) is 25.8 Å². The van der Waals surface area contributed by atoms with Gasteiger partial charge in [-0.25, -0.2) is 18.3 Å². The summed E-state index contributed by atoms with van der Waals surface area (Å²) in [6.45, 7) is 4.29. The smallest absolute Gasteiger partial charge is 0.269 e. The van der Waals surface area contributed by atoms with Crippen LogP contribution in [0.25, 0.3) is 5.65 Å². The number of nitrogens with one attached hydrogen (secondary N) is 2. The SMILES string of the molecule is CC(C)n1nccc1C(=O)NCc1cn2ncc(CNC(=O)CC3CCCC3(F)F)cc2n1. The zero-order chi connectivity index (χ0) is 23.6. The Kier molecular flexibility index (Phi) is 6.39. The molecule has 3 aromatic heterocycles. The normalized spacial score (nSPS) is 17.5. The molecule has 3 heterocycles. The Hall–Kier alpha value is -3.37. The van der Waals surface area contributed by atoms with Gasteiger partial charge in [-0.3, -0.25) is 14.3 Å². The lowest BCUT2D eigenvalue weighted by molar-refractivity contribution is -0.125. The van der Waals surface area contributed by atoms with Crippen LogP contribution in [0.4, 0.5) is 8.78 Å². The van der Waals surface area contributed by atoms with Crippen LogP contribution in [-0.4, -0.2) is 42.1 Å². The summed E-state index contributed by atoms with van der Waals surface area (Å²) >= 11 is 0. The summed E-state index contributed by atoms with van der Waals surface area (Å²) in [6.07, 6.45) is 5.39. The molecule has 9 nitrogen and oxygen atoms in total. The van der Waals surface area contributed by atoms with Crippen molar-refractivity contribution < 1.29 is 18.4 Å². The second-order valence-corrected chi connectivity index (χ2v) is 8.67. The van der Waals surface area contributed by atoms with Crippen LogP contribution in [0.15, 0.2) is 30.7 Å². The quantitative estimate of drug-likeness (QED) is 0.539. The molecule has 0 radical (unpaired) electrons. The van der Waals surface area contributed by atoms with E-state index in [4.69, 9.17) is 0 Å². The third-order valence-electron chi connectivity index (χ3n) is 5.83. The lowest BCUT2D eigenvalue weighted by Gasteiger charge is -2.18. The van der Waals surface area contributed by atoms with Gasteiger partial charge in [0.25, 0.3) is 11.8 Å². The van der Waals surface area contributed by atoms with Crippen molar-refractivity contribution in [2.24, 2.45) is 5.92 Å². The molecule has 2 amide bonds. The third kappa shape index (κ3) is 5.18. The zero-order valence-corrected chi connectivity index (χ0v) is 18.6. The molecule has 3 aromatic rings. The lowest BCUT2D eigenvalue weighted by Crippen LogP contribution is -2.30. The van der Waals surface area contributed by atoms with Crippen molar-refractivity contribution in [2.75, 3.05) is 0 Å². The molecule has 0 bridgehead atoms. The topological polar surface area (TPSA) is 106 Å². The maximum atomic E-state index is 13.7. The fourth-order valence-corrected chi connectivity index (χ4v) is 4.06.